The third-order valence-corrected chi connectivity index (χ3v) is 6.55. The first-order valence-electron chi connectivity index (χ1n) is 8.18. The van der Waals surface area contributed by atoms with Crippen molar-refractivity contribution >= 4 is 5.91 Å². The molecular weight excluding hydrogens is 250 g/mol. The lowest BCUT2D eigenvalue weighted by atomic mass is 9.58. The van der Waals surface area contributed by atoms with Gasteiger partial charge in [-0.15, -0.1) is 0 Å². The Labute approximate surface area is 122 Å². The highest BCUT2D eigenvalue weighted by Gasteiger charge is 2.68. The highest BCUT2D eigenvalue weighted by atomic mass is 16.5. The van der Waals surface area contributed by atoms with E-state index in [-0.39, 0.29) is 16.7 Å². The molecule has 1 heterocycles. The number of amides is 1. The number of hydrogen-bond acceptors (Lipinski definition) is 2. The minimum Gasteiger partial charge on any atom is -0.378 e. The number of nitrogens with one attached hydrogen (secondary N) is 1. The van der Waals surface area contributed by atoms with E-state index in [0.717, 1.165) is 18.9 Å². The molecule has 3 heteroatoms. The Kier molecular flexibility index (Phi) is 3.20. The number of fused-ring (bicyclic) bond motifs is 1. The number of rotatable bonds is 2. The zero-order valence-corrected chi connectivity index (χ0v) is 13.5. The third kappa shape index (κ3) is 1.78. The molecule has 2 aliphatic carbocycles. The van der Waals surface area contributed by atoms with E-state index < -0.39 is 0 Å². The Balaban J connectivity index is 1.96. The zero-order valence-electron chi connectivity index (χ0n) is 13.5. The van der Waals surface area contributed by atoms with E-state index in [1.165, 1.54) is 12.8 Å². The molecule has 3 nitrogen and oxygen atoms in total. The van der Waals surface area contributed by atoms with Crippen LogP contribution in [0.3, 0.4) is 0 Å². The SMILES string of the molecule is CC(=O)N[C@H]1C(C)(C)[C@@H]2C[C@@H]3[C@@H](C(C)C)OCCC31C2. The van der Waals surface area contributed by atoms with Crippen molar-refractivity contribution in [3.8, 4) is 0 Å². The average molecular weight is 279 g/mol. The normalized spacial score (nSPS) is 45.5. The molecule has 3 rings (SSSR count). The van der Waals surface area contributed by atoms with Gasteiger partial charge in [-0.1, -0.05) is 27.7 Å². The number of hydrogen-bond donors (Lipinski definition) is 1. The van der Waals surface area contributed by atoms with Gasteiger partial charge in [-0.05, 0) is 47.8 Å². The molecule has 1 unspecified atom stereocenters. The molecule has 0 aromatic heterocycles. The van der Waals surface area contributed by atoms with E-state index in [1.807, 2.05) is 0 Å². The van der Waals surface area contributed by atoms with E-state index in [1.54, 1.807) is 6.92 Å². The molecule has 1 spiro atoms. The molecule has 1 saturated heterocycles. The van der Waals surface area contributed by atoms with E-state index in [2.05, 4.69) is 33.0 Å². The van der Waals surface area contributed by atoms with Crippen LogP contribution >= 0.6 is 0 Å². The first-order chi connectivity index (χ1) is 9.29. The second-order valence-corrected chi connectivity index (χ2v) is 8.26. The largest absolute Gasteiger partial charge is 0.378 e. The Bertz CT molecular complexity index is 417. The molecule has 1 N–H and O–H groups in total. The van der Waals surface area contributed by atoms with E-state index in [4.69, 9.17) is 4.74 Å². The fraction of sp³-hybridized carbons (Fsp3) is 0.941. The van der Waals surface area contributed by atoms with Crippen molar-refractivity contribution in [1.29, 1.82) is 0 Å². The summed E-state index contributed by atoms with van der Waals surface area (Å²) in [5, 5.41) is 3.32. The standard InChI is InChI=1S/C17H29NO2/c1-10(2)14-13-8-12-9-17(13,6-7-20-14)15(16(12,4)5)18-11(3)19/h10,12-15H,6-9H2,1-5H3,(H,18,19)/t12-,13-,14-,15+,17?/m1/s1. The van der Waals surface area contributed by atoms with Crippen molar-refractivity contribution in [1.82, 2.24) is 5.32 Å². The van der Waals surface area contributed by atoms with Gasteiger partial charge >= 0.3 is 0 Å². The number of carbonyl (C=O) groups excluding carboxylic acids is 1. The summed E-state index contributed by atoms with van der Waals surface area (Å²) in [6, 6.07) is 0.321. The van der Waals surface area contributed by atoms with Crippen molar-refractivity contribution in [2.45, 2.75) is 66.0 Å². The molecule has 0 aromatic carbocycles. The highest BCUT2D eigenvalue weighted by molar-refractivity contribution is 5.73. The van der Waals surface area contributed by atoms with Gasteiger partial charge in [0.15, 0.2) is 0 Å². The highest BCUT2D eigenvalue weighted by Crippen LogP contribution is 2.69. The first-order valence-corrected chi connectivity index (χ1v) is 8.18. The van der Waals surface area contributed by atoms with Crippen LogP contribution < -0.4 is 5.32 Å². The molecule has 2 saturated carbocycles. The van der Waals surface area contributed by atoms with Crippen molar-refractivity contribution in [3.05, 3.63) is 0 Å². The first kappa shape index (κ1) is 14.4. The van der Waals surface area contributed by atoms with Gasteiger partial charge < -0.3 is 10.1 Å². The Hall–Kier alpha value is -0.570. The van der Waals surface area contributed by atoms with E-state index >= 15 is 0 Å². The summed E-state index contributed by atoms with van der Waals surface area (Å²) in [4.78, 5) is 11.7. The Morgan fingerprint density at radius 1 is 1.35 bits per heavy atom. The van der Waals surface area contributed by atoms with Gasteiger partial charge in [0.05, 0.1) is 6.10 Å². The van der Waals surface area contributed by atoms with Crippen LogP contribution in [0.4, 0.5) is 0 Å². The molecule has 3 aliphatic rings. The summed E-state index contributed by atoms with van der Waals surface area (Å²) in [5.41, 5.74) is 0.508. The molecule has 20 heavy (non-hydrogen) atoms. The predicted molar refractivity (Wildman–Crippen MR) is 79.2 cm³/mol. The lowest BCUT2D eigenvalue weighted by Crippen LogP contribution is -2.60. The van der Waals surface area contributed by atoms with Crippen LogP contribution in [0.2, 0.25) is 0 Å². The fourth-order valence-electron chi connectivity index (χ4n) is 5.69. The second kappa shape index (κ2) is 4.46. The van der Waals surface area contributed by atoms with Crippen molar-refractivity contribution in [3.63, 3.8) is 0 Å². The van der Waals surface area contributed by atoms with Gasteiger partial charge in [0.25, 0.3) is 0 Å². The summed E-state index contributed by atoms with van der Waals surface area (Å²) in [7, 11) is 0. The summed E-state index contributed by atoms with van der Waals surface area (Å²) in [6.07, 6.45) is 4.06. The van der Waals surface area contributed by atoms with Crippen LogP contribution in [0.1, 0.15) is 53.9 Å². The van der Waals surface area contributed by atoms with Gasteiger partial charge in [-0.25, -0.2) is 0 Å². The zero-order chi connectivity index (χ0) is 14.7. The minimum absolute atomic E-state index is 0.122. The number of carbonyl (C=O) groups is 1. The third-order valence-electron chi connectivity index (χ3n) is 6.55. The van der Waals surface area contributed by atoms with Crippen LogP contribution in [-0.4, -0.2) is 24.7 Å². The topological polar surface area (TPSA) is 38.3 Å². The van der Waals surface area contributed by atoms with Crippen molar-refractivity contribution in [2.75, 3.05) is 6.61 Å². The van der Waals surface area contributed by atoms with Gasteiger partial charge in [0, 0.05) is 19.6 Å². The summed E-state index contributed by atoms with van der Waals surface area (Å²) < 4.78 is 6.11. The minimum atomic E-state index is 0.122. The lowest BCUT2D eigenvalue weighted by molar-refractivity contribution is -0.143. The van der Waals surface area contributed by atoms with Gasteiger partial charge in [-0.2, -0.15) is 0 Å². The average Bonchev–Trinajstić information content (AvgIpc) is 2.82. The van der Waals surface area contributed by atoms with E-state index in [9.17, 15) is 4.79 Å². The maximum atomic E-state index is 11.7. The maximum absolute atomic E-state index is 11.7. The number of ether oxygens (including phenoxy) is 1. The summed E-state index contributed by atoms with van der Waals surface area (Å²) >= 11 is 0. The molecule has 0 aromatic rings. The molecule has 2 bridgehead atoms. The van der Waals surface area contributed by atoms with Gasteiger partial charge in [0.1, 0.15) is 0 Å². The van der Waals surface area contributed by atoms with Crippen molar-refractivity contribution in [2.24, 2.45) is 28.6 Å². The quantitative estimate of drug-likeness (QED) is 0.844. The second-order valence-electron chi connectivity index (χ2n) is 8.26. The summed E-state index contributed by atoms with van der Waals surface area (Å²) in [6.45, 7) is 11.8. The molecular formula is C17H29NO2. The van der Waals surface area contributed by atoms with Crippen LogP contribution in [-0.2, 0) is 9.53 Å². The van der Waals surface area contributed by atoms with Crippen LogP contribution in [0.25, 0.3) is 0 Å². The smallest absolute Gasteiger partial charge is 0.217 e. The molecule has 3 fully saturated rings. The Morgan fingerprint density at radius 2 is 2.05 bits per heavy atom. The van der Waals surface area contributed by atoms with Gasteiger partial charge in [0.2, 0.25) is 5.91 Å². The van der Waals surface area contributed by atoms with Crippen LogP contribution in [0, 0.1) is 28.6 Å². The van der Waals surface area contributed by atoms with Gasteiger partial charge in [-0.3, -0.25) is 4.79 Å². The van der Waals surface area contributed by atoms with Crippen LogP contribution in [0.15, 0.2) is 0 Å². The van der Waals surface area contributed by atoms with Crippen LogP contribution in [0.5, 0.6) is 0 Å². The molecule has 1 amide bonds. The Morgan fingerprint density at radius 3 is 2.65 bits per heavy atom. The molecule has 1 aliphatic heterocycles. The predicted octanol–water partition coefficient (Wildman–Crippen LogP) is 2.99. The maximum Gasteiger partial charge on any atom is 0.217 e. The summed E-state index contributed by atoms with van der Waals surface area (Å²) in [5.74, 6) is 2.05. The lowest BCUT2D eigenvalue weighted by Gasteiger charge is -2.54. The van der Waals surface area contributed by atoms with Crippen molar-refractivity contribution < 1.29 is 9.53 Å². The molecule has 5 atom stereocenters. The van der Waals surface area contributed by atoms with E-state index in [0.29, 0.717) is 24.0 Å². The fourth-order valence-corrected chi connectivity index (χ4v) is 5.69. The molecule has 0 radical (unpaired) electrons. The monoisotopic (exact) mass is 279 g/mol. The molecule has 114 valence electrons.